The Bertz CT molecular complexity index is 2850. The van der Waals surface area contributed by atoms with Crippen molar-refractivity contribution in [2.45, 2.75) is 294 Å². The number of esters is 2. The topological polar surface area (TPSA) is 308 Å². The van der Waals surface area contributed by atoms with Gasteiger partial charge >= 0.3 is 18.0 Å². The molecule has 2 aromatic rings. The maximum atomic E-state index is 14.1. The van der Waals surface area contributed by atoms with Crippen LogP contribution in [-0.2, 0) is 70.2 Å². The van der Waals surface area contributed by atoms with Crippen LogP contribution in [0.3, 0.4) is 0 Å². The molecule has 7 N–H and O–H groups in total. The Morgan fingerprint density at radius 3 is 1.34 bits per heavy atom. The predicted octanol–water partition coefficient (Wildman–Crippen LogP) is 9.15. The summed E-state index contributed by atoms with van der Waals surface area (Å²) in [7, 11) is -2.46. The predicted molar refractivity (Wildman–Crippen MR) is 382 cm³/mol. The molecule has 0 spiro atoms. The van der Waals surface area contributed by atoms with Crippen LogP contribution in [0.1, 0.15) is 207 Å². The molecule has 0 radical (unpaired) electrons. The maximum absolute atomic E-state index is 14.1. The lowest BCUT2D eigenvalue weighted by Crippen LogP contribution is -2.78. The summed E-state index contributed by atoms with van der Waals surface area (Å²) in [6.45, 7) is 39.6. The summed E-state index contributed by atoms with van der Waals surface area (Å²) < 4.78 is 23.6. The number of carbonyl (C=O) groups excluding carboxylic acids is 9. The number of amides is 7. The Morgan fingerprint density at radius 1 is 0.592 bits per heavy atom. The largest absolute Gasteiger partial charge is 0.459 e. The fourth-order valence-corrected chi connectivity index (χ4v) is 12.8. The van der Waals surface area contributed by atoms with Gasteiger partial charge in [0.05, 0.1) is 25.0 Å². The molecule has 98 heavy (non-hydrogen) atoms. The van der Waals surface area contributed by atoms with E-state index in [1.54, 1.807) is 41.5 Å². The zero-order valence-electron chi connectivity index (χ0n) is 62.0. The number of likely N-dealkylation sites (tertiary alicyclic amines) is 2. The van der Waals surface area contributed by atoms with Crippen molar-refractivity contribution < 1.29 is 72.1 Å². The zero-order valence-corrected chi connectivity index (χ0v) is 63.0. The van der Waals surface area contributed by atoms with Crippen molar-refractivity contribution in [3.05, 3.63) is 76.7 Å². The van der Waals surface area contributed by atoms with Gasteiger partial charge in [0.2, 0.25) is 41.5 Å². The third-order valence-corrected chi connectivity index (χ3v) is 22.9. The van der Waals surface area contributed by atoms with Crippen LogP contribution in [0.25, 0.3) is 0 Å². The molecule has 4 rings (SSSR count). The first-order chi connectivity index (χ1) is 45.2. The van der Waals surface area contributed by atoms with Gasteiger partial charge in [-0.2, -0.15) is 0 Å². The SMILES string of the molecule is C.CC[C@H](C)[C@@H](NC(=O)OC(C)(C)C)[C@H](CC(=O)N[C@H](C(=O)N[C@@H](CC(C)C)C(=O)N1CCC[C@H]1C(=O)OCc1ccccc1)C(C)C)O[Si](C)(C)C(C)(C)C.CC[C@H](C)[C@@H]([NH+]=O)[C@@H](O)CC(=O)N[C@H](C(=O)N[C@@H](CC(C)C)C(=O)N1CCC[C@H]1C(=O)OCc1ccccc1)C(C)C. The molecule has 0 aliphatic carbocycles. The van der Waals surface area contributed by atoms with Gasteiger partial charge < -0.3 is 60.1 Å². The minimum absolute atomic E-state index is 0. The van der Waals surface area contributed by atoms with Crippen molar-refractivity contribution in [3.63, 3.8) is 0 Å². The fourth-order valence-electron chi connectivity index (χ4n) is 11.5. The van der Waals surface area contributed by atoms with Crippen LogP contribution in [0.2, 0.25) is 18.1 Å². The average molecular weight is 1390 g/mol. The van der Waals surface area contributed by atoms with E-state index in [0.717, 1.165) is 11.1 Å². The number of nitrogens with zero attached hydrogens (tertiary/aromatic N) is 2. The Kier molecular flexibility index (Phi) is 36.6. The van der Waals surface area contributed by atoms with Gasteiger partial charge in [-0.05, 0) is 130 Å². The summed E-state index contributed by atoms with van der Waals surface area (Å²) in [4.78, 5) is 136. The van der Waals surface area contributed by atoms with Crippen LogP contribution in [0.15, 0.2) is 60.7 Å². The highest BCUT2D eigenvalue weighted by atomic mass is 28.4. The number of aliphatic hydroxyl groups excluding tert-OH is 1. The number of hydrogen-bond acceptors (Lipinski definition) is 15. The highest BCUT2D eigenvalue weighted by Gasteiger charge is 2.45. The number of hydrogen-bond donors (Lipinski definition) is 7. The summed E-state index contributed by atoms with van der Waals surface area (Å²) in [5, 5.41) is 26.5. The van der Waals surface area contributed by atoms with Gasteiger partial charge in [0, 0.05) is 23.9 Å². The van der Waals surface area contributed by atoms with Gasteiger partial charge in [0.15, 0.2) is 8.32 Å². The lowest BCUT2D eigenvalue weighted by atomic mass is 9.92. The molecule has 2 heterocycles. The second kappa shape index (κ2) is 41.1. The minimum Gasteiger partial charge on any atom is -0.459 e. The first-order valence-corrected chi connectivity index (χ1v) is 38.1. The van der Waals surface area contributed by atoms with E-state index in [2.05, 4.69) is 60.4 Å². The van der Waals surface area contributed by atoms with Gasteiger partial charge in [0.1, 0.15) is 61.2 Å². The van der Waals surface area contributed by atoms with Crippen molar-refractivity contribution in [2.24, 2.45) is 35.5 Å². The second-order valence-corrected chi connectivity index (χ2v) is 35.3. The standard InChI is InChI=1S/C42H72N4O8Si.C31H48N4O7.CH4/c1-15-29(6)36(45-40(51)53-41(7,8)9)33(54-55(13,14)42(10,11)12)25-34(47)44-35(28(4)5)37(48)43-31(24-27(2)3)38(49)46-23-19-22-32(46)39(50)52-26-30-20-17-16-18-21-30;1-7-21(6)28(34-41)25(36)17-26(37)33-27(20(4)5)29(38)32-23(16-19(2)3)30(39)35-15-11-14-24(35)31(40)42-18-22-12-9-8-10-13-22;/h16-18,20-21,27-29,31-33,35-36H,15,19,22-26H2,1-14H3,(H,43,48)(H,44,47)(H,45,51);8-10,12-13,19-21,23-25,27-28,36H,7,11,14-18H2,1-6H3,(H,32,38)(H,33,37);1H4/p+1/t29-,31-,32-,33-,35-,36+;21-,23-,24-,25-,27-,28+;/m00./s1. The van der Waals surface area contributed by atoms with Crippen molar-refractivity contribution in [2.75, 3.05) is 13.1 Å². The Morgan fingerprint density at radius 2 is 0.990 bits per heavy atom. The van der Waals surface area contributed by atoms with Crippen LogP contribution in [-0.4, -0.2) is 156 Å². The zero-order chi connectivity index (χ0) is 73.3. The molecule has 0 bridgehead atoms. The van der Waals surface area contributed by atoms with Gasteiger partial charge in [-0.1, -0.05) is 178 Å². The average Bonchev–Trinajstić information content (AvgIpc) is 1.29. The van der Waals surface area contributed by atoms with Gasteiger partial charge in [-0.3, -0.25) is 28.8 Å². The van der Waals surface area contributed by atoms with Crippen molar-refractivity contribution in [3.8, 4) is 0 Å². The smallest absolute Gasteiger partial charge is 0.407 e. The lowest BCUT2D eigenvalue weighted by molar-refractivity contribution is -0.547. The third-order valence-electron chi connectivity index (χ3n) is 18.4. The molecule has 2 aromatic carbocycles. The normalized spacial score (nSPS) is 18.0. The lowest BCUT2D eigenvalue weighted by Gasteiger charge is -2.42. The van der Waals surface area contributed by atoms with E-state index in [1.165, 1.54) is 9.80 Å². The van der Waals surface area contributed by atoms with E-state index < -0.39 is 116 Å². The number of carbonyl (C=O) groups is 9. The third kappa shape index (κ3) is 28.4. The first kappa shape index (κ1) is 87.3. The quantitative estimate of drug-likeness (QED) is 0.0195. The molecule has 7 amide bonds. The number of nitrogens with one attached hydrogen (secondary N) is 6. The second-order valence-electron chi connectivity index (χ2n) is 30.5. The van der Waals surface area contributed by atoms with E-state index in [9.17, 15) is 53.2 Å². The minimum atomic E-state index is -2.46. The molecule has 2 aliphatic rings. The molecular weight excluding hydrogens is 1270 g/mol. The van der Waals surface area contributed by atoms with Crippen LogP contribution < -0.4 is 31.8 Å². The Hall–Kier alpha value is -6.79. The molecule has 2 fully saturated rings. The highest BCUT2D eigenvalue weighted by Crippen LogP contribution is 2.39. The fraction of sp³-hybridized carbons (Fsp3) is 0.716. The Balaban J connectivity index is 0.000000683. The molecule has 12 atom stereocenters. The molecule has 24 heteroatoms. The van der Waals surface area contributed by atoms with E-state index in [0.29, 0.717) is 64.5 Å². The molecule has 0 aromatic heterocycles. The molecular formula is C74H125N8O15Si+. The molecule has 23 nitrogen and oxygen atoms in total. The van der Waals surface area contributed by atoms with Gasteiger partial charge in [-0.25, -0.2) is 14.4 Å². The summed E-state index contributed by atoms with van der Waals surface area (Å²) in [5.74, 6) is -4.41. The van der Waals surface area contributed by atoms with Crippen LogP contribution in [0.5, 0.6) is 0 Å². The van der Waals surface area contributed by atoms with Crippen molar-refractivity contribution in [1.29, 1.82) is 0 Å². The van der Waals surface area contributed by atoms with E-state index in [-0.39, 0.29) is 85.8 Å². The summed E-state index contributed by atoms with van der Waals surface area (Å²) in [5.41, 5.74) is 0.984. The van der Waals surface area contributed by atoms with Crippen molar-refractivity contribution >= 4 is 61.8 Å². The van der Waals surface area contributed by atoms with Crippen molar-refractivity contribution in [1.82, 2.24) is 36.4 Å². The summed E-state index contributed by atoms with van der Waals surface area (Å²) in [6, 6.07) is 12.1. The number of nitroso groups, excluding NO2 is 1. The van der Waals surface area contributed by atoms with Gasteiger partial charge in [-0.15, -0.1) is 0 Å². The van der Waals surface area contributed by atoms with E-state index >= 15 is 0 Å². The number of aliphatic hydroxyl groups is 1. The van der Waals surface area contributed by atoms with Crippen LogP contribution >= 0.6 is 0 Å². The number of benzene rings is 2. The van der Waals surface area contributed by atoms with E-state index in [4.69, 9.17) is 18.6 Å². The van der Waals surface area contributed by atoms with Crippen LogP contribution in [0.4, 0.5) is 4.79 Å². The number of alkyl carbamates (subject to hydrolysis) is 1. The molecule has 2 aliphatic heterocycles. The maximum Gasteiger partial charge on any atom is 0.407 e. The molecule has 554 valence electrons. The number of rotatable bonds is 34. The summed E-state index contributed by atoms with van der Waals surface area (Å²) in [6.07, 6.45) is 1.30. The molecule has 2 saturated heterocycles. The summed E-state index contributed by atoms with van der Waals surface area (Å²) >= 11 is 0. The van der Waals surface area contributed by atoms with E-state index in [1.807, 2.05) is 128 Å². The van der Waals surface area contributed by atoms with Crippen LogP contribution in [0, 0.1) is 40.4 Å². The highest BCUT2D eigenvalue weighted by molar-refractivity contribution is 6.74. The van der Waals surface area contributed by atoms with Gasteiger partial charge in [0.25, 0.3) is 0 Å². The molecule has 0 unspecified atom stereocenters. The number of ether oxygens (including phenoxy) is 3. The first-order valence-electron chi connectivity index (χ1n) is 35.2. The Labute approximate surface area is 586 Å². The monoisotopic (exact) mass is 1390 g/mol. The molecule has 0 saturated carbocycles.